The first-order valence-corrected chi connectivity index (χ1v) is 6.67. The molecule has 3 heteroatoms. The number of likely N-dealkylation sites (N-methyl/N-ethyl adjacent to an activating group) is 1. The molecule has 0 aliphatic rings. The minimum Gasteiger partial charge on any atom is -0.345 e. The van der Waals surface area contributed by atoms with E-state index in [4.69, 9.17) is 0 Å². The Hall–Kier alpha value is -2.68. The monoisotopic (exact) mass is 279 g/mol. The Morgan fingerprint density at radius 1 is 0.857 bits per heavy atom. The molecule has 2 rings (SSSR count). The Bertz CT molecular complexity index is 658. The molecule has 0 aliphatic heterocycles. The van der Waals surface area contributed by atoms with Crippen LogP contribution in [-0.4, -0.2) is 30.7 Å². The van der Waals surface area contributed by atoms with Gasteiger partial charge in [-0.2, -0.15) is 0 Å². The second-order valence-corrected chi connectivity index (χ2v) is 4.86. The van der Waals surface area contributed by atoms with Crippen LogP contribution in [0.25, 0.3) is 6.08 Å². The van der Waals surface area contributed by atoms with Gasteiger partial charge in [0.25, 0.3) is 5.91 Å². The summed E-state index contributed by atoms with van der Waals surface area (Å²) in [4.78, 5) is 26.3. The zero-order chi connectivity index (χ0) is 15.2. The number of Topliss-reactive ketones (excluding diaryl/α,β-unsaturated/α-hetero) is 1. The summed E-state index contributed by atoms with van der Waals surface area (Å²) < 4.78 is 0. The average molecular weight is 279 g/mol. The molecule has 0 atom stereocenters. The van der Waals surface area contributed by atoms with Gasteiger partial charge in [0.05, 0.1) is 5.57 Å². The third kappa shape index (κ3) is 3.66. The second kappa shape index (κ2) is 6.66. The van der Waals surface area contributed by atoms with Crippen molar-refractivity contribution in [2.24, 2.45) is 0 Å². The van der Waals surface area contributed by atoms with Gasteiger partial charge in [0.15, 0.2) is 5.78 Å². The molecule has 21 heavy (non-hydrogen) atoms. The lowest BCUT2D eigenvalue weighted by molar-refractivity contribution is -0.124. The molecule has 0 radical (unpaired) electrons. The molecule has 0 heterocycles. The van der Waals surface area contributed by atoms with Gasteiger partial charge in [-0.3, -0.25) is 9.59 Å². The molecule has 1 amide bonds. The molecule has 0 spiro atoms. The van der Waals surface area contributed by atoms with Gasteiger partial charge in [0.1, 0.15) is 0 Å². The van der Waals surface area contributed by atoms with Gasteiger partial charge in [0, 0.05) is 19.7 Å². The number of hydrogen-bond donors (Lipinski definition) is 0. The summed E-state index contributed by atoms with van der Waals surface area (Å²) in [7, 11) is 3.28. The molecule has 2 aromatic rings. The zero-order valence-corrected chi connectivity index (χ0v) is 12.1. The Labute approximate surface area is 124 Å². The van der Waals surface area contributed by atoms with E-state index in [9.17, 15) is 9.59 Å². The lowest BCUT2D eigenvalue weighted by Crippen LogP contribution is -2.27. The first kappa shape index (κ1) is 14.7. The Morgan fingerprint density at radius 3 is 1.90 bits per heavy atom. The first-order valence-electron chi connectivity index (χ1n) is 6.67. The highest BCUT2D eigenvalue weighted by atomic mass is 16.2. The van der Waals surface area contributed by atoms with Crippen molar-refractivity contribution in [3.05, 3.63) is 77.4 Å². The largest absolute Gasteiger partial charge is 0.345 e. The Balaban J connectivity index is 2.45. The number of nitrogens with zero attached hydrogens (tertiary/aromatic N) is 1. The highest BCUT2D eigenvalue weighted by Gasteiger charge is 2.21. The van der Waals surface area contributed by atoms with Crippen LogP contribution in [0.3, 0.4) is 0 Å². The van der Waals surface area contributed by atoms with Crippen molar-refractivity contribution in [3.8, 4) is 0 Å². The maximum absolute atomic E-state index is 12.6. The van der Waals surface area contributed by atoms with Gasteiger partial charge >= 0.3 is 0 Å². The molecule has 0 fully saturated rings. The summed E-state index contributed by atoms with van der Waals surface area (Å²) in [6.07, 6.45) is 1.64. The van der Waals surface area contributed by atoms with E-state index in [1.165, 1.54) is 4.90 Å². The molecule has 0 unspecified atom stereocenters. The van der Waals surface area contributed by atoms with Gasteiger partial charge in [-0.25, -0.2) is 0 Å². The minimum atomic E-state index is -0.298. The van der Waals surface area contributed by atoms with E-state index < -0.39 is 0 Å². The van der Waals surface area contributed by atoms with E-state index in [1.807, 2.05) is 36.4 Å². The molecule has 3 nitrogen and oxygen atoms in total. The number of rotatable bonds is 4. The predicted octanol–water partition coefficient (Wildman–Crippen LogP) is 3.04. The number of hydrogen-bond acceptors (Lipinski definition) is 2. The lowest BCUT2D eigenvalue weighted by Gasteiger charge is -2.13. The predicted molar refractivity (Wildman–Crippen MR) is 83.9 cm³/mol. The summed E-state index contributed by atoms with van der Waals surface area (Å²) in [5, 5.41) is 0. The molecular formula is C18H17NO2. The van der Waals surface area contributed by atoms with Crippen molar-refractivity contribution < 1.29 is 9.59 Å². The van der Waals surface area contributed by atoms with E-state index in [0.29, 0.717) is 5.56 Å². The van der Waals surface area contributed by atoms with Crippen LogP contribution in [0.2, 0.25) is 0 Å². The summed E-state index contributed by atoms with van der Waals surface area (Å²) in [6, 6.07) is 18.2. The summed E-state index contributed by atoms with van der Waals surface area (Å²) in [6.45, 7) is 0. The quantitative estimate of drug-likeness (QED) is 0.373. The van der Waals surface area contributed by atoms with Crippen LogP contribution in [0.1, 0.15) is 15.9 Å². The summed E-state index contributed by atoms with van der Waals surface area (Å²) in [5.41, 5.74) is 1.50. The van der Waals surface area contributed by atoms with Crippen LogP contribution in [0, 0.1) is 0 Å². The van der Waals surface area contributed by atoms with Crippen molar-refractivity contribution in [1.82, 2.24) is 4.90 Å². The fourth-order valence-corrected chi connectivity index (χ4v) is 1.93. The van der Waals surface area contributed by atoms with Crippen molar-refractivity contribution >= 4 is 17.8 Å². The van der Waals surface area contributed by atoms with Crippen molar-refractivity contribution in [2.75, 3.05) is 14.1 Å². The van der Waals surface area contributed by atoms with E-state index in [0.717, 1.165) is 5.56 Å². The zero-order valence-electron chi connectivity index (χ0n) is 12.1. The van der Waals surface area contributed by atoms with Crippen molar-refractivity contribution in [3.63, 3.8) is 0 Å². The Kier molecular flexibility index (Phi) is 4.67. The van der Waals surface area contributed by atoms with E-state index in [1.54, 1.807) is 44.4 Å². The topological polar surface area (TPSA) is 37.4 Å². The highest BCUT2D eigenvalue weighted by Crippen LogP contribution is 2.14. The average Bonchev–Trinajstić information content (AvgIpc) is 2.53. The maximum atomic E-state index is 12.6. The molecule has 0 aliphatic carbocycles. The standard InChI is InChI=1S/C18H17NO2/c1-19(2)18(21)16(13-14-9-5-3-6-10-14)17(20)15-11-7-4-8-12-15/h3-13H,1-2H3/b16-13-. The molecule has 0 N–H and O–H groups in total. The van der Waals surface area contributed by atoms with Gasteiger partial charge < -0.3 is 4.90 Å². The van der Waals surface area contributed by atoms with Gasteiger partial charge in [-0.1, -0.05) is 60.7 Å². The maximum Gasteiger partial charge on any atom is 0.257 e. The van der Waals surface area contributed by atoms with Crippen LogP contribution >= 0.6 is 0 Å². The fraction of sp³-hybridized carbons (Fsp3) is 0.111. The van der Waals surface area contributed by atoms with Crippen molar-refractivity contribution in [1.29, 1.82) is 0 Å². The number of ketones is 1. The fourth-order valence-electron chi connectivity index (χ4n) is 1.93. The third-order valence-corrected chi connectivity index (χ3v) is 3.03. The molecule has 0 saturated carbocycles. The van der Waals surface area contributed by atoms with Gasteiger partial charge in [-0.05, 0) is 11.6 Å². The molecule has 2 aromatic carbocycles. The minimum absolute atomic E-state index is 0.164. The smallest absolute Gasteiger partial charge is 0.257 e. The molecule has 0 saturated heterocycles. The van der Waals surface area contributed by atoms with Crippen LogP contribution in [0.5, 0.6) is 0 Å². The van der Waals surface area contributed by atoms with Crippen LogP contribution in [0.4, 0.5) is 0 Å². The summed E-state index contributed by atoms with van der Waals surface area (Å²) in [5.74, 6) is -0.564. The number of benzene rings is 2. The second-order valence-electron chi connectivity index (χ2n) is 4.86. The lowest BCUT2D eigenvalue weighted by atomic mass is 10.00. The number of carbonyl (C=O) groups is 2. The van der Waals surface area contributed by atoms with Gasteiger partial charge in [0.2, 0.25) is 0 Å². The highest BCUT2D eigenvalue weighted by molar-refractivity contribution is 6.28. The Morgan fingerprint density at radius 2 is 1.38 bits per heavy atom. The summed E-state index contributed by atoms with van der Waals surface area (Å²) >= 11 is 0. The van der Waals surface area contributed by atoms with E-state index >= 15 is 0 Å². The van der Waals surface area contributed by atoms with Gasteiger partial charge in [-0.15, -0.1) is 0 Å². The van der Waals surface area contributed by atoms with Crippen LogP contribution in [-0.2, 0) is 4.79 Å². The third-order valence-electron chi connectivity index (χ3n) is 3.03. The number of carbonyl (C=O) groups excluding carboxylic acids is 2. The molecule has 0 aromatic heterocycles. The SMILES string of the molecule is CN(C)C(=O)/C(=C\c1ccccc1)C(=O)c1ccccc1. The van der Waals surface area contributed by atoms with E-state index in [-0.39, 0.29) is 17.3 Å². The van der Waals surface area contributed by atoms with Crippen LogP contribution < -0.4 is 0 Å². The van der Waals surface area contributed by atoms with Crippen LogP contribution in [0.15, 0.2) is 66.2 Å². The van der Waals surface area contributed by atoms with Crippen molar-refractivity contribution in [2.45, 2.75) is 0 Å². The first-order chi connectivity index (χ1) is 10.1. The number of amides is 1. The molecule has 0 bridgehead atoms. The molecule has 106 valence electrons. The van der Waals surface area contributed by atoms with E-state index in [2.05, 4.69) is 0 Å². The normalized spacial score (nSPS) is 11.0. The molecular weight excluding hydrogens is 262 g/mol.